The maximum absolute atomic E-state index is 12.3. The van der Waals surface area contributed by atoms with E-state index in [1.807, 2.05) is 0 Å². The van der Waals surface area contributed by atoms with E-state index in [0.717, 1.165) is 38.3 Å². The van der Waals surface area contributed by atoms with Crippen molar-refractivity contribution < 1.29 is 30.2 Å². The van der Waals surface area contributed by atoms with Crippen molar-refractivity contribution >= 4 is 23.2 Å². The van der Waals surface area contributed by atoms with Crippen LogP contribution in [0.1, 0.15) is 51.4 Å². The molecular formula is C28H33BrF3P. The highest BCUT2D eigenvalue weighted by Gasteiger charge is 2.44. The average Bonchev–Trinajstić information content (AvgIpc) is 2.82. The second-order valence-corrected chi connectivity index (χ2v) is 12.0. The Morgan fingerprint density at radius 1 is 0.485 bits per heavy atom. The SMILES string of the molecule is FC(F)(F)CCCCCCCCC[P+](c1ccccc1)(c1ccccc1)c1ccccc1.[Br-]. The summed E-state index contributed by atoms with van der Waals surface area (Å²) >= 11 is 0. The van der Waals surface area contributed by atoms with Crippen LogP contribution in [-0.2, 0) is 0 Å². The number of benzene rings is 3. The minimum absolute atomic E-state index is 0. The molecule has 5 heteroatoms. The summed E-state index contributed by atoms with van der Waals surface area (Å²) in [5.74, 6) is 0. The molecule has 3 aromatic carbocycles. The molecule has 0 saturated carbocycles. The third-order valence-electron chi connectivity index (χ3n) is 6.04. The molecule has 33 heavy (non-hydrogen) atoms. The molecule has 0 fully saturated rings. The van der Waals surface area contributed by atoms with E-state index in [2.05, 4.69) is 91.0 Å². The molecule has 0 aromatic heterocycles. The normalized spacial score (nSPS) is 11.7. The van der Waals surface area contributed by atoms with Gasteiger partial charge in [0.05, 0.1) is 6.16 Å². The summed E-state index contributed by atoms with van der Waals surface area (Å²) in [5.41, 5.74) is 0. The van der Waals surface area contributed by atoms with Gasteiger partial charge >= 0.3 is 6.18 Å². The lowest BCUT2D eigenvalue weighted by atomic mass is 10.1. The van der Waals surface area contributed by atoms with Crippen LogP contribution in [-0.4, -0.2) is 12.3 Å². The average molecular weight is 537 g/mol. The van der Waals surface area contributed by atoms with Crippen molar-refractivity contribution in [1.82, 2.24) is 0 Å². The van der Waals surface area contributed by atoms with E-state index in [1.54, 1.807) is 0 Å². The predicted molar refractivity (Wildman–Crippen MR) is 133 cm³/mol. The van der Waals surface area contributed by atoms with E-state index in [9.17, 15) is 13.2 Å². The summed E-state index contributed by atoms with van der Waals surface area (Å²) in [7, 11) is -1.76. The lowest BCUT2D eigenvalue weighted by Gasteiger charge is -2.27. The van der Waals surface area contributed by atoms with Gasteiger partial charge in [-0.3, -0.25) is 0 Å². The topological polar surface area (TPSA) is 0 Å². The highest BCUT2D eigenvalue weighted by atomic mass is 79.9. The molecule has 0 saturated heterocycles. The van der Waals surface area contributed by atoms with Gasteiger partial charge in [0.15, 0.2) is 0 Å². The highest BCUT2D eigenvalue weighted by Crippen LogP contribution is 2.56. The lowest BCUT2D eigenvalue weighted by Crippen LogP contribution is -3.00. The molecule has 0 aliphatic carbocycles. The number of rotatable bonds is 12. The van der Waals surface area contributed by atoms with E-state index in [0.29, 0.717) is 6.42 Å². The third-order valence-corrected chi connectivity index (χ3v) is 10.6. The van der Waals surface area contributed by atoms with Crippen molar-refractivity contribution in [2.45, 2.75) is 57.5 Å². The first-order chi connectivity index (χ1) is 15.5. The Morgan fingerprint density at radius 3 is 1.18 bits per heavy atom. The van der Waals surface area contributed by atoms with Gasteiger partial charge in [-0.25, -0.2) is 0 Å². The smallest absolute Gasteiger partial charge is 0.389 e. The number of unbranched alkanes of at least 4 members (excludes halogenated alkanes) is 6. The Kier molecular flexibility index (Phi) is 11.6. The minimum atomic E-state index is -4.01. The Morgan fingerprint density at radius 2 is 0.818 bits per heavy atom. The molecule has 0 amide bonds. The molecule has 178 valence electrons. The monoisotopic (exact) mass is 536 g/mol. The largest absolute Gasteiger partial charge is 1.00 e. The van der Waals surface area contributed by atoms with Crippen molar-refractivity contribution in [3.05, 3.63) is 91.0 Å². The molecule has 0 heterocycles. The zero-order valence-corrected chi connectivity index (χ0v) is 21.5. The lowest BCUT2D eigenvalue weighted by molar-refractivity contribution is -0.135. The Hall–Kier alpha value is -1.64. The van der Waals surface area contributed by atoms with Gasteiger partial charge in [0.2, 0.25) is 0 Å². The van der Waals surface area contributed by atoms with Crippen LogP contribution < -0.4 is 32.9 Å². The fourth-order valence-electron chi connectivity index (χ4n) is 4.44. The van der Waals surface area contributed by atoms with E-state index in [1.165, 1.54) is 15.9 Å². The van der Waals surface area contributed by atoms with Crippen LogP contribution in [0.3, 0.4) is 0 Å². The molecule has 0 radical (unpaired) electrons. The molecule has 0 aliphatic heterocycles. The molecule has 0 spiro atoms. The maximum Gasteiger partial charge on any atom is 0.389 e. The van der Waals surface area contributed by atoms with Crippen molar-refractivity contribution in [2.24, 2.45) is 0 Å². The van der Waals surface area contributed by atoms with Crippen LogP contribution in [0.5, 0.6) is 0 Å². The number of alkyl halides is 3. The summed E-state index contributed by atoms with van der Waals surface area (Å²) in [6.45, 7) is 0. The first-order valence-electron chi connectivity index (χ1n) is 11.6. The standard InChI is InChI=1S/C28H33F3P.BrH/c29-28(30,31)23-15-4-2-1-3-5-16-24-32(25-17-9-6-10-18-25,26-19-11-7-12-20-26)27-21-13-8-14-22-27;/h6-14,17-22H,1-5,15-16,23-24H2;1H/q+1;/p-1. The van der Waals surface area contributed by atoms with Crippen LogP contribution in [0.25, 0.3) is 0 Å². The first-order valence-corrected chi connectivity index (χ1v) is 13.6. The second-order valence-electron chi connectivity index (χ2n) is 8.38. The van der Waals surface area contributed by atoms with Gasteiger partial charge in [0, 0.05) is 6.42 Å². The van der Waals surface area contributed by atoms with Gasteiger partial charge in [-0.15, -0.1) is 0 Å². The predicted octanol–water partition coefficient (Wildman–Crippen LogP) is 4.67. The van der Waals surface area contributed by atoms with Gasteiger partial charge in [-0.1, -0.05) is 80.3 Å². The molecule has 0 aliphatic rings. The van der Waals surface area contributed by atoms with Crippen molar-refractivity contribution in [2.75, 3.05) is 6.16 Å². The van der Waals surface area contributed by atoms with Crippen LogP contribution in [0.2, 0.25) is 0 Å². The van der Waals surface area contributed by atoms with Crippen LogP contribution >= 0.6 is 7.26 Å². The molecule has 3 rings (SSSR count). The van der Waals surface area contributed by atoms with E-state index >= 15 is 0 Å². The van der Waals surface area contributed by atoms with Crippen LogP contribution in [0.4, 0.5) is 13.2 Å². The van der Waals surface area contributed by atoms with Gasteiger partial charge in [0.1, 0.15) is 23.2 Å². The molecule has 0 N–H and O–H groups in total. The van der Waals surface area contributed by atoms with Gasteiger partial charge in [-0.2, -0.15) is 13.2 Å². The fraction of sp³-hybridized carbons (Fsp3) is 0.357. The minimum Gasteiger partial charge on any atom is -1.00 e. The van der Waals surface area contributed by atoms with Gasteiger partial charge in [0.25, 0.3) is 0 Å². The number of hydrogen-bond acceptors (Lipinski definition) is 0. The summed E-state index contributed by atoms with van der Waals surface area (Å²) in [6, 6.07) is 32.7. The van der Waals surface area contributed by atoms with E-state index in [4.69, 9.17) is 0 Å². The van der Waals surface area contributed by atoms with E-state index in [-0.39, 0.29) is 23.4 Å². The Balaban J connectivity index is 0.00000385. The Bertz CT molecular complexity index is 802. The Labute approximate surface area is 207 Å². The fourth-order valence-corrected chi connectivity index (χ4v) is 8.85. The molecule has 0 bridgehead atoms. The molecule has 0 nitrogen and oxygen atoms in total. The van der Waals surface area contributed by atoms with E-state index < -0.39 is 19.9 Å². The zero-order valence-electron chi connectivity index (χ0n) is 19.0. The van der Waals surface area contributed by atoms with Crippen LogP contribution in [0, 0.1) is 0 Å². The molecular weight excluding hydrogens is 504 g/mol. The number of halogens is 4. The molecule has 3 aromatic rings. The van der Waals surface area contributed by atoms with Gasteiger partial charge < -0.3 is 17.0 Å². The summed E-state index contributed by atoms with van der Waals surface area (Å²) in [5, 5.41) is 4.22. The quantitative estimate of drug-likeness (QED) is 0.233. The van der Waals surface area contributed by atoms with Crippen molar-refractivity contribution in [3.63, 3.8) is 0 Å². The second kappa shape index (κ2) is 13.9. The van der Waals surface area contributed by atoms with Gasteiger partial charge in [-0.05, 0) is 55.7 Å². The summed E-state index contributed by atoms with van der Waals surface area (Å²) < 4.78 is 36.8. The van der Waals surface area contributed by atoms with Crippen LogP contribution in [0.15, 0.2) is 91.0 Å². The van der Waals surface area contributed by atoms with Crippen molar-refractivity contribution in [3.8, 4) is 0 Å². The summed E-state index contributed by atoms with van der Waals surface area (Å²) in [4.78, 5) is 0. The third kappa shape index (κ3) is 8.26. The molecule has 0 atom stereocenters. The maximum atomic E-state index is 12.3. The zero-order chi connectivity index (χ0) is 22.7. The van der Waals surface area contributed by atoms with Crippen molar-refractivity contribution in [1.29, 1.82) is 0 Å². The molecule has 0 unspecified atom stereocenters. The first kappa shape index (κ1) is 27.6. The summed E-state index contributed by atoms with van der Waals surface area (Å²) in [6.07, 6.45) is 2.62. The number of hydrogen-bond donors (Lipinski definition) is 0. The highest BCUT2D eigenvalue weighted by molar-refractivity contribution is 7.95.